The van der Waals surface area contributed by atoms with Crippen LogP contribution < -0.4 is 0 Å². The molecule has 3 heteroatoms. The molecule has 3 rings (SSSR count). The van der Waals surface area contributed by atoms with E-state index in [0.717, 1.165) is 29.0 Å². The molecule has 1 atom stereocenters. The van der Waals surface area contributed by atoms with E-state index in [2.05, 4.69) is 0 Å². The zero-order valence-electron chi connectivity index (χ0n) is 10.6. The van der Waals surface area contributed by atoms with E-state index >= 15 is 0 Å². The van der Waals surface area contributed by atoms with Crippen molar-refractivity contribution < 1.29 is 13.9 Å². The van der Waals surface area contributed by atoms with Gasteiger partial charge in [0.15, 0.2) is 0 Å². The number of hydrogen-bond acceptors (Lipinski definition) is 1. The second-order valence-electron chi connectivity index (χ2n) is 4.71. The maximum absolute atomic E-state index is 13.2. The van der Waals surface area contributed by atoms with E-state index in [4.69, 9.17) is 0 Å². The molecule has 3 aromatic carbocycles. The molecule has 0 spiro atoms. The van der Waals surface area contributed by atoms with Crippen molar-refractivity contribution >= 4 is 10.8 Å². The Balaban J connectivity index is 2.05. The van der Waals surface area contributed by atoms with Crippen LogP contribution >= 0.6 is 0 Å². The summed E-state index contributed by atoms with van der Waals surface area (Å²) in [6.07, 6.45) is -1.05. The van der Waals surface area contributed by atoms with E-state index in [1.54, 1.807) is 6.07 Å². The molecule has 0 bridgehead atoms. The van der Waals surface area contributed by atoms with Gasteiger partial charge in [-0.1, -0.05) is 36.4 Å². The SMILES string of the molecule is OC(c1cc(F)cc(F)c1)c1ccc2ccccc2c1. The summed E-state index contributed by atoms with van der Waals surface area (Å²) in [4.78, 5) is 0. The van der Waals surface area contributed by atoms with Crippen LogP contribution in [0.2, 0.25) is 0 Å². The molecule has 0 radical (unpaired) electrons. The lowest BCUT2D eigenvalue weighted by atomic mass is 9.98. The van der Waals surface area contributed by atoms with Crippen LogP contribution in [-0.2, 0) is 0 Å². The van der Waals surface area contributed by atoms with Gasteiger partial charge in [0.25, 0.3) is 0 Å². The summed E-state index contributed by atoms with van der Waals surface area (Å²) in [7, 11) is 0. The standard InChI is InChI=1S/C17H12F2O/c18-15-8-14(9-16(19)10-15)17(20)13-6-5-11-3-1-2-4-12(11)7-13/h1-10,17,20H. The lowest BCUT2D eigenvalue weighted by molar-refractivity contribution is 0.219. The van der Waals surface area contributed by atoms with Crippen molar-refractivity contribution in [1.82, 2.24) is 0 Å². The van der Waals surface area contributed by atoms with Crippen molar-refractivity contribution in [1.29, 1.82) is 0 Å². The van der Waals surface area contributed by atoms with E-state index in [0.29, 0.717) is 5.56 Å². The quantitative estimate of drug-likeness (QED) is 0.740. The molecule has 0 saturated carbocycles. The first-order valence-corrected chi connectivity index (χ1v) is 6.26. The number of aliphatic hydroxyl groups excluding tert-OH is 1. The largest absolute Gasteiger partial charge is 0.384 e. The Kier molecular flexibility index (Phi) is 3.20. The first-order valence-electron chi connectivity index (χ1n) is 6.26. The number of halogens is 2. The number of hydrogen-bond donors (Lipinski definition) is 1. The summed E-state index contributed by atoms with van der Waals surface area (Å²) in [6, 6.07) is 16.3. The van der Waals surface area contributed by atoms with Crippen LogP contribution in [0.4, 0.5) is 8.78 Å². The van der Waals surface area contributed by atoms with Crippen molar-refractivity contribution in [3.63, 3.8) is 0 Å². The third kappa shape index (κ3) is 2.40. The number of rotatable bonds is 2. The third-order valence-electron chi connectivity index (χ3n) is 3.29. The van der Waals surface area contributed by atoms with Gasteiger partial charge >= 0.3 is 0 Å². The van der Waals surface area contributed by atoms with Crippen LogP contribution in [0.3, 0.4) is 0 Å². The maximum atomic E-state index is 13.2. The van der Waals surface area contributed by atoms with Gasteiger partial charge in [-0.3, -0.25) is 0 Å². The lowest BCUT2D eigenvalue weighted by Gasteiger charge is -2.12. The highest BCUT2D eigenvalue weighted by atomic mass is 19.1. The Hall–Kier alpha value is -2.26. The molecule has 0 aliphatic rings. The summed E-state index contributed by atoms with van der Waals surface area (Å²) in [5, 5.41) is 12.3. The van der Waals surface area contributed by atoms with Crippen LogP contribution in [-0.4, -0.2) is 5.11 Å². The fourth-order valence-corrected chi connectivity index (χ4v) is 2.30. The zero-order valence-corrected chi connectivity index (χ0v) is 10.6. The Morgan fingerprint density at radius 2 is 1.35 bits per heavy atom. The minimum absolute atomic E-state index is 0.206. The highest BCUT2D eigenvalue weighted by Crippen LogP contribution is 2.26. The first-order chi connectivity index (χ1) is 9.63. The molecular weight excluding hydrogens is 258 g/mol. The molecule has 0 aliphatic carbocycles. The normalized spacial score (nSPS) is 12.6. The number of fused-ring (bicyclic) bond motifs is 1. The Labute approximate surface area is 115 Å². The van der Waals surface area contributed by atoms with Crippen LogP contribution in [0, 0.1) is 11.6 Å². The second-order valence-corrected chi connectivity index (χ2v) is 4.71. The van der Waals surface area contributed by atoms with E-state index in [9.17, 15) is 13.9 Å². The lowest BCUT2D eigenvalue weighted by Crippen LogP contribution is -2.01. The van der Waals surface area contributed by atoms with Crippen LogP contribution in [0.1, 0.15) is 17.2 Å². The Morgan fingerprint density at radius 1 is 0.700 bits per heavy atom. The summed E-state index contributed by atoms with van der Waals surface area (Å²) in [6.45, 7) is 0. The second kappa shape index (κ2) is 5.02. The fourth-order valence-electron chi connectivity index (χ4n) is 2.30. The third-order valence-corrected chi connectivity index (χ3v) is 3.29. The van der Waals surface area contributed by atoms with Gasteiger partial charge in [-0.15, -0.1) is 0 Å². The zero-order chi connectivity index (χ0) is 14.1. The molecule has 0 aromatic heterocycles. The minimum Gasteiger partial charge on any atom is -0.384 e. The van der Waals surface area contributed by atoms with Gasteiger partial charge in [0.05, 0.1) is 0 Å². The van der Waals surface area contributed by atoms with Crippen LogP contribution in [0.25, 0.3) is 10.8 Å². The van der Waals surface area contributed by atoms with Gasteiger partial charge in [-0.2, -0.15) is 0 Å². The summed E-state index contributed by atoms with van der Waals surface area (Å²) in [5.74, 6) is -1.39. The van der Waals surface area contributed by atoms with Gasteiger partial charge in [0.1, 0.15) is 17.7 Å². The van der Waals surface area contributed by atoms with E-state index in [1.807, 2.05) is 36.4 Å². The van der Waals surface area contributed by atoms with Gasteiger partial charge in [-0.25, -0.2) is 8.78 Å². The first kappa shape index (κ1) is 12.8. The summed E-state index contributed by atoms with van der Waals surface area (Å²) >= 11 is 0. The molecule has 0 aliphatic heterocycles. The van der Waals surface area contributed by atoms with E-state index in [1.165, 1.54) is 0 Å². The van der Waals surface area contributed by atoms with Crippen LogP contribution in [0.15, 0.2) is 60.7 Å². The highest BCUT2D eigenvalue weighted by molar-refractivity contribution is 5.83. The van der Waals surface area contributed by atoms with Crippen molar-refractivity contribution in [2.75, 3.05) is 0 Å². The van der Waals surface area contributed by atoms with Gasteiger partial charge in [0.2, 0.25) is 0 Å². The molecule has 100 valence electrons. The smallest absolute Gasteiger partial charge is 0.126 e. The van der Waals surface area contributed by atoms with Gasteiger partial charge in [0, 0.05) is 6.07 Å². The molecule has 1 unspecified atom stereocenters. The molecule has 3 aromatic rings. The van der Waals surface area contributed by atoms with Crippen LogP contribution in [0.5, 0.6) is 0 Å². The van der Waals surface area contributed by atoms with Crippen molar-refractivity contribution in [3.8, 4) is 0 Å². The Morgan fingerprint density at radius 3 is 2.05 bits per heavy atom. The topological polar surface area (TPSA) is 20.2 Å². The molecule has 1 N–H and O–H groups in total. The molecule has 20 heavy (non-hydrogen) atoms. The molecular formula is C17H12F2O. The summed E-state index contributed by atoms with van der Waals surface area (Å²) in [5.41, 5.74) is 0.812. The molecule has 0 heterocycles. The van der Waals surface area contributed by atoms with Gasteiger partial charge < -0.3 is 5.11 Å². The predicted molar refractivity (Wildman–Crippen MR) is 74.4 cm³/mol. The molecule has 0 fully saturated rings. The average molecular weight is 270 g/mol. The van der Waals surface area contributed by atoms with Crippen molar-refractivity contribution in [2.24, 2.45) is 0 Å². The molecule has 0 saturated heterocycles. The minimum atomic E-state index is -1.05. The maximum Gasteiger partial charge on any atom is 0.126 e. The molecule has 0 amide bonds. The highest BCUT2D eigenvalue weighted by Gasteiger charge is 2.13. The summed E-state index contributed by atoms with van der Waals surface area (Å²) < 4.78 is 26.4. The fraction of sp³-hybridized carbons (Fsp3) is 0.0588. The van der Waals surface area contributed by atoms with Crippen molar-refractivity contribution in [2.45, 2.75) is 6.10 Å². The Bertz CT molecular complexity index is 748. The number of aliphatic hydroxyl groups is 1. The van der Waals surface area contributed by atoms with Crippen molar-refractivity contribution in [3.05, 3.63) is 83.4 Å². The van der Waals surface area contributed by atoms with E-state index < -0.39 is 17.7 Å². The average Bonchev–Trinajstić information content (AvgIpc) is 2.45. The molecule has 1 nitrogen and oxygen atoms in total. The monoisotopic (exact) mass is 270 g/mol. The number of benzene rings is 3. The predicted octanol–water partition coefficient (Wildman–Crippen LogP) is 4.20. The van der Waals surface area contributed by atoms with Gasteiger partial charge in [-0.05, 0) is 40.1 Å². The van der Waals surface area contributed by atoms with E-state index in [-0.39, 0.29) is 5.56 Å².